The van der Waals surface area contributed by atoms with Gasteiger partial charge in [-0.15, -0.1) is 12.4 Å². The van der Waals surface area contributed by atoms with Crippen LogP contribution in [0, 0.1) is 0 Å². The lowest BCUT2D eigenvalue weighted by Crippen LogP contribution is -2.36. The molecule has 2 aromatic carbocycles. The van der Waals surface area contributed by atoms with Gasteiger partial charge in [0.1, 0.15) is 7.11 Å². The molecule has 0 radical (unpaired) electrons. The normalized spacial score (nSPS) is 10.7. The van der Waals surface area contributed by atoms with Gasteiger partial charge in [-0.05, 0) is 22.0 Å². The molecule has 2 rings (SSSR count). The number of nitrogens with one attached hydrogen (secondary N) is 1. The maximum Gasteiger partial charge on any atom is 0.258 e. The number of halogens is 1. The van der Waals surface area contributed by atoms with E-state index in [4.69, 9.17) is 5.73 Å². The maximum absolute atomic E-state index is 12.0. The third-order valence-corrected chi connectivity index (χ3v) is 2.47. The van der Waals surface area contributed by atoms with E-state index < -0.39 is 0 Å². The van der Waals surface area contributed by atoms with Crippen molar-refractivity contribution in [3.63, 3.8) is 0 Å². The highest BCUT2D eigenvalue weighted by Crippen LogP contribution is 2.18. The molecule has 0 fully saturated rings. The van der Waals surface area contributed by atoms with Gasteiger partial charge in [0, 0.05) is 5.56 Å². The van der Waals surface area contributed by atoms with Crippen LogP contribution in [0.15, 0.2) is 47.6 Å². The number of hydrogen-bond donors (Lipinski definition) is 2. The van der Waals surface area contributed by atoms with Crippen molar-refractivity contribution >= 4 is 35.0 Å². The van der Waals surface area contributed by atoms with Gasteiger partial charge in [0.25, 0.3) is 5.91 Å². The fourth-order valence-electron chi connectivity index (χ4n) is 1.73. The van der Waals surface area contributed by atoms with Crippen molar-refractivity contribution in [2.75, 3.05) is 7.11 Å². The Labute approximate surface area is 116 Å². The molecule has 0 atom stereocenters. The van der Waals surface area contributed by atoms with Gasteiger partial charge in [0.15, 0.2) is 0 Å². The van der Waals surface area contributed by atoms with Crippen molar-refractivity contribution in [1.29, 1.82) is 0 Å². The second kappa shape index (κ2) is 6.61. The summed E-state index contributed by atoms with van der Waals surface area (Å²) in [7, 11) is 1.36. The molecular weight excluding hydrogens is 266 g/mol. The first kappa shape index (κ1) is 14.8. The van der Waals surface area contributed by atoms with Crippen molar-refractivity contribution in [2.45, 2.75) is 0 Å². The van der Waals surface area contributed by atoms with Crippen molar-refractivity contribution in [3.05, 3.63) is 48.0 Å². The van der Waals surface area contributed by atoms with Crippen molar-refractivity contribution in [3.8, 4) is 0 Å². The molecule has 0 aliphatic rings. The van der Waals surface area contributed by atoms with Crippen molar-refractivity contribution in [2.24, 2.45) is 10.9 Å². The van der Waals surface area contributed by atoms with Crippen LogP contribution in [0.25, 0.3) is 10.8 Å². The molecule has 6 heteroatoms. The van der Waals surface area contributed by atoms with Gasteiger partial charge in [-0.1, -0.05) is 36.4 Å². The number of fused-ring (bicyclic) bond motifs is 1. The Bertz CT molecular complexity index is 608. The summed E-state index contributed by atoms with van der Waals surface area (Å²) < 4.78 is 0. The SMILES string of the molecule is CON=C(N)NC(=O)c1cccc2ccccc12.Cl. The second-order valence-electron chi connectivity index (χ2n) is 3.64. The minimum atomic E-state index is -0.315. The Balaban J connectivity index is 0.00000180. The molecule has 0 heterocycles. The van der Waals surface area contributed by atoms with Gasteiger partial charge in [0.05, 0.1) is 0 Å². The Morgan fingerprint density at radius 3 is 2.63 bits per heavy atom. The summed E-state index contributed by atoms with van der Waals surface area (Å²) in [6.07, 6.45) is 0. The Morgan fingerprint density at radius 2 is 1.89 bits per heavy atom. The molecule has 0 unspecified atom stereocenters. The van der Waals surface area contributed by atoms with Crippen LogP contribution in [0.4, 0.5) is 0 Å². The van der Waals surface area contributed by atoms with Crippen molar-refractivity contribution in [1.82, 2.24) is 5.32 Å². The predicted molar refractivity (Wildman–Crippen MR) is 77.3 cm³/mol. The van der Waals surface area contributed by atoms with Gasteiger partial charge in [-0.2, -0.15) is 0 Å². The van der Waals surface area contributed by atoms with E-state index in [1.54, 1.807) is 6.07 Å². The number of nitrogens with zero attached hydrogens (tertiary/aromatic N) is 1. The monoisotopic (exact) mass is 279 g/mol. The molecule has 0 bridgehead atoms. The fourth-order valence-corrected chi connectivity index (χ4v) is 1.73. The maximum atomic E-state index is 12.0. The molecule has 0 saturated carbocycles. The van der Waals surface area contributed by atoms with Gasteiger partial charge in [-0.25, -0.2) is 0 Å². The number of guanidine groups is 1. The van der Waals surface area contributed by atoms with Crippen LogP contribution in [-0.4, -0.2) is 19.0 Å². The lowest BCUT2D eigenvalue weighted by molar-refractivity contribution is 0.0975. The number of nitrogens with two attached hydrogens (primary N) is 1. The van der Waals surface area contributed by atoms with Crippen LogP contribution < -0.4 is 11.1 Å². The molecule has 0 aromatic heterocycles. The number of carbonyl (C=O) groups is 1. The van der Waals surface area contributed by atoms with Gasteiger partial charge < -0.3 is 10.6 Å². The van der Waals surface area contributed by atoms with Gasteiger partial charge >= 0.3 is 0 Å². The first-order chi connectivity index (χ1) is 8.72. The zero-order chi connectivity index (χ0) is 13.0. The van der Waals surface area contributed by atoms with E-state index in [2.05, 4.69) is 15.3 Å². The van der Waals surface area contributed by atoms with Gasteiger partial charge in [0.2, 0.25) is 5.96 Å². The van der Waals surface area contributed by atoms with Crippen LogP contribution in [-0.2, 0) is 4.84 Å². The third-order valence-electron chi connectivity index (χ3n) is 2.47. The minimum absolute atomic E-state index is 0. The summed E-state index contributed by atoms with van der Waals surface area (Å²) in [5.41, 5.74) is 6.00. The lowest BCUT2D eigenvalue weighted by atomic mass is 10.0. The number of hydrogen-bond acceptors (Lipinski definition) is 3. The predicted octanol–water partition coefficient (Wildman–Crippen LogP) is 1.87. The first-order valence-electron chi connectivity index (χ1n) is 5.38. The molecule has 100 valence electrons. The molecule has 2 aromatic rings. The molecule has 5 nitrogen and oxygen atoms in total. The standard InChI is InChI=1S/C13H13N3O2.ClH/c1-18-16-13(14)15-12(17)11-8-4-6-9-5-2-3-7-10(9)11;/h2-8H,1H3,(H3,14,15,16,17);1H. The summed E-state index contributed by atoms with van der Waals surface area (Å²) in [5.74, 6) is -0.388. The number of benzene rings is 2. The Kier molecular flexibility index (Phi) is 5.14. The molecular formula is C13H14ClN3O2. The molecule has 1 amide bonds. The summed E-state index contributed by atoms with van der Waals surface area (Å²) in [5, 5.41) is 7.74. The van der Waals surface area contributed by atoms with E-state index >= 15 is 0 Å². The molecule has 0 aliphatic heterocycles. The highest BCUT2D eigenvalue weighted by Gasteiger charge is 2.10. The van der Waals surface area contributed by atoms with Crippen LogP contribution in [0.3, 0.4) is 0 Å². The third kappa shape index (κ3) is 3.35. The van der Waals surface area contributed by atoms with Crippen LogP contribution in [0.2, 0.25) is 0 Å². The quantitative estimate of drug-likeness (QED) is 0.500. The van der Waals surface area contributed by atoms with E-state index in [0.717, 1.165) is 10.8 Å². The average Bonchev–Trinajstić information content (AvgIpc) is 2.38. The van der Waals surface area contributed by atoms with E-state index in [1.165, 1.54) is 7.11 Å². The highest BCUT2D eigenvalue weighted by atomic mass is 35.5. The zero-order valence-corrected chi connectivity index (χ0v) is 11.1. The summed E-state index contributed by atoms with van der Waals surface area (Å²) in [6.45, 7) is 0. The lowest BCUT2D eigenvalue weighted by Gasteiger charge is -2.06. The highest BCUT2D eigenvalue weighted by molar-refractivity contribution is 6.12. The average molecular weight is 280 g/mol. The molecule has 0 spiro atoms. The summed E-state index contributed by atoms with van der Waals surface area (Å²) in [6, 6.07) is 13.1. The number of oxime groups is 1. The van der Waals surface area contributed by atoms with Crippen LogP contribution in [0.1, 0.15) is 10.4 Å². The number of rotatable bonds is 2. The van der Waals surface area contributed by atoms with Gasteiger partial charge in [-0.3, -0.25) is 10.1 Å². The second-order valence-corrected chi connectivity index (χ2v) is 3.64. The van der Waals surface area contributed by atoms with E-state index in [1.807, 2.05) is 36.4 Å². The van der Waals surface area contributed by atoms with Crippen LogP contribution in [0.5, 0.6) is 0 Å². The fraction of sp³-hybridized carbons (Fsp3) is 0.0769. The molecule has 0 aliphatic carbocycles. The minimum Gasteiger partial charge on any atom is -0.396 e. The van der Waals surface area contributed by atoms with E-state index in [0.29, 0.717) is 5.56 Å². The molecule has 0 saturated heterocycles. The van der Waals surface area contributed by atoms with Crippen LogP contribution >= 0.6 is 12.4 Å². The largest absolute Gasteiger partial charge is 0.396 e. The zero-order valence-electron chi connectivity index (χ0n) is 10.3. The Morgan fingerprint density at radius 1 is 1.21 bits per heavy atom. The summed E-state index contributed by atoms with van der Waals surface area (Å²) >= 11 is 0. The molecule has 19 heavy (non-hydrogen) atoms. The number of amides is 1. The van der Waals surface area contributed by atoms with E-state index in [9.17, 15) is 4.79 Å². The number of carbonyl (C=O) groups excluding carboxylic acids is 1. The molecule has 3 N–H and O–H groups in total. The van der Waals surface area contributed by atoms with E-state index in [-0.39, 0.29) is 24.3 Å². The Hall–Kier alpha value is -2.27. The summed E-state index contributed by atoms with van der Waals surface area (Å²) in [4.78, 5) is 16.5. The smallest absolute Gasteiger partial charge is 0.258 e. The topological polar surface area (TPSA) is 76.7 Å². The van der Waals surface area contributed by atoms with Crippen molar-refractivity contribution < 1.29 is 9.63 Å². The first-order valence-corrected chi connectivity index (χ1v) is 5.38.